The molecule has 2 atom stereocenters. The molecule has 23 nitrogen and oxygen atoms in total. The molecule has 0 aromatic heterocycles. The summed E-state index contributed by atoms with van der Waals surface area (Å²) < 4.78 is 87.5. The topological polar surface area (TPSA) is 274 Å². The number of sulfone groups is 2. The van der Waals surface area contributed by atoms with Gasteiger partial charge in [0.05, 0.1) is 87.4 Å². The van der Waals surface area contributed by atoms with Crippen LogP contribution < -0.4 is 31.9 Å². The van der Waals surface area contributed by atoms with Gasteiger partial charge in [0, 0.05) is 134 Å². The molecule has 30 heteroatoms. The van der Waals surface area contributed by atoms with Gasteiger partial charge in [0.15, 0.2) is 19.7 Å². The zero-order valence-electron chi connectivity index (χ0n) is 57.3. The second-order valence-electron chi connectivity index (χ2n) is 24.5. The smallest absolute Gasteiger partial charge is 0.317 e. The Balaban J connectivity index is 0.678. The molecule has 2 aliphatic rings. The lowest BCUT2D eigenvalue weighted by Crippen LogP contribution is -2.49. The molecule has 6 aromatic rings. The Morgan fingerprint density at radius 2 is 0.824 bits per heavy atom. The van der Waals surface area contributed by atoms with E-state index in [9.17, 15) is 36.0 Å². The van der Waals surface area contributed by atoms with E-state index in [1.807, 2.05) is 74.8 Å². The number of benzene rings is 6. The summed E-state index contributed by atoms with van der Waals surface area (Å²) >= 11 is 31.9. The van der Waals surface area contributed by atoms with Crippen LogP contribution in [0.15, 0.2) is 131 Å². The van der Waals surface area contributed by atoms with E-state index in [0.717, 1.165) is 44.5 Å². The molecule has 0 spiro atoms. The number of carbonyl (C=O) groups is 4. The van der Waals surface area contributed by atoms with Crippen molar-refractivity contribution in [1.29, 1.82) is 0 Å². The average Bonchev–Trinajstić information content (AvgIpc) is 0.779. The number of rotatable bonds is 41. The number of likely N-dealkylation sites (N-methyl/N-ethyl adjacent to an activating group) is 2. The lowest BCUT2D eigenvalue weighted by molar-refractivity contribution is 0.0494. The molecular weight excluding hydrogens is 1460 g/mol. The van der Waals surface area contributed by atoms with Gasteiger partial charge < -0.3 is 75.0 Å². The monoisotopic (exact) mass is 1540 g/mol. The normalized spacial score (nSPS) is 14.7. The van der Waals surface area contributed by atoms with Crippen molar-refractivity contribution in [1.82, 2.24) is 46.6 Å². The van der Waals surface area contributed by atoms with Crippen LogP contribution in [0.1, 0.15) is 68.4 Å². The van der Waals surface area contributed by atoms with E-state index in [1.165, 1.54) is 4.90 Å². The fourth-order valence-corrected chi connectivity index (χ4v) is 15.6. The van der Waals surface area contributed by atoms with Gasteiger partial charge in [-0.3, -0.25) is 4.79 Å². The first-order valence-corrected chi connectivity index (χ1v) is 39.0. The molecule has 0 bridgehead atoms. The maximum absolute atomic E-state index is 13.4. The maximum atomic E-state index is 13.4. The van der Waals surface area contributed by atoms with Gasteiger partial charge in [0.1, 0.15) is 0 Å². The van der Waals surface area contributed by atoms with Crippen LogP contribution in [-0.4, -0.2) is 226 Å². The van der Waals surface area contributed by atoms with E-state index in [1.54, 1.807) is 60.7 Å². The van der Waals surface area contributed by atoms with Gasteiger partial charge >= 0.3 is 18.1 Å². The van der Waals surface area contributed by atoms with Crippen molar-refractivity contribution in [3.8, 4) is 11.1 Å². The maximum Gasteiger partial charge on any atom is 0.317 e. The molecule has 554 valence electrons. The number of hydrogen-bond donors (Lipinski definition) is 6. The Morgan fingerprint density at radius 3 is 1.25 bits per heavy atom. The number of halogens is 5. The fourth-order valence-electron chi connectivity index (χ4n) is 11.7. The predicted molar refractivity (Wildman–Crippen MR) is 397 cm³/mol. The van der Waals surface area contributed by atoms with Gasteiger partial charge in [-0.1, -0.05) is 107 Å². The number of hydrogen-bond acceptors (Lipinski definition) is 16. The van der Waals surface area contributed by atoms with Crippen LogP contribution in [0.3, 0.4) is 0 Å². The molecule has 2 heterocycles. The summed E-state index contributed by atoms with van der Waals surface area (Å²) in [5.41, 5.74) is 8.15. The van der Waals surface area contributed by atoms with Crippen LogP contribution >= 0.6 is 58.0 Å². The Kier molecular flexibility index (Phi) is 33.4. The van der Waals surface area contributed by atoms with E-state index in [0.29, 0.717) is 63.4 Å². The van der Waals surface area contributed by atoms with Gasteiger partial charge in [-0.2, -0.15) is 0 Å². The molecule has 102 heavy (non-hydrogen) atoms. The minimum atomic E-state index is -3.61. The highest BCUT2D eigenvalue weighted by Crippen LogP contribution is 2.41. The molecule has 8 rings (SSSR count). The summed E-state index contributed by atoms with van der Waals surface area (Å²) in [5.74, 6) is -0.629. The molecular formula is C72H90Cl5N9O14S2. The quantitative estimate of drug-likeness (QED) is 0.0195. The number of fused-ring (bicyclic) bond motifs is 2. The number of ether oxygens (including phenoxy) is 6. The van der Waals surface area contributed by atoms with Crippen LogP contribution in [-0.2, 0) is 61.2 Å². The zero-order chi connectivity index (χ0) is 72.9. The van der Waals surface area contributed by atoms with Crippen LogP contribution in [0.5, 0.6) is 0 Å². The number of amides is 7. The predicted octanol–water partition coefficient (Wildman–Crippen LogP) is 9.94. The van der Waals surface area contributed by atoms with E-state index < -0.39 is 37.8 Å². The first-order chi connectivity index (χ1) is 49.1. The van der Waals surface area contributed by atoms with Crippen molar-refractivity contribution in [3.63, 3.8) is 0 Å². The van der Waals surface area contributed by atoms with Gasteiger partial charge in [-0.15, -0.1) is 0 Å². The summed E-state index contributed by atoms with van der Waals surface area (Å²) in [4.78, 5) is 57.8. The number of carbonyl (C=O) groups excluding carboxylic acids is 4. The Morgan fingerprint density at radius 1 is 0.441 bits per heavy atom. The van der Waals surface area contributed by atoms with Crippen molar-refractivity contribution in [3.05, 3.63) is 185 Å². The summed E-state index contributed by atoms with van der Waals surface area (Å²) in [6, 6.07) is 34.6. The van der Waals surface area contributed by atoms with E-state index >= 15 is 0 Å². The highest BCUT2D eigenvalue weighted by atomic mass is 35.5. The van der Waals surface area contributed by atoms with Crippen LogP contribution in [0.2, 0.25) is 25.1 Å². The van der Waals surface area contributed by atoms with Crippen molar-refractivity contribution in [2.75, 3.05) is 170 Å². The minimum Gasteiger partial charge on any atom is -0.379 e. The molecule has 6 aromatic carbocycles. The van der Waals surface area contributed by atoms with Crippen LogP contribution in [0, 0.1) is 0 Å². The molecule has 6 N–H and O–H groups in total. The third kappa shape index (κ3) is 26.3. The highest BCUT2D eigenvalue weighted by Gasteiger charge is 2.30. The molecule has 0 radical (unpaired) electrons. The summed E-state index contributed by atoms with van der Waals surface area (Å²) in [7, 11) is -3.22. The van der Waals surface area contributed by atoms with Gasteiger partial charge in [0.25, 0.3) is 5.91 Å². The third-order valence-electron chi connectivity index (χ3n) is 16.8. The number of nitrogens with zero attached hydrogens (tertiary/aromatic N) is 3. The third-order valence-corrected chi connectivity index (χ3v) is 21.8. The summed E-state index contributed by atoms with van der Waals surface area (Å²) in [6.45, 7) is 6.37. The molecule has 2 aliphatic heterocycles. The largest absolute Gasteiger partial charge is 0.379 e. The molecule has 7 amide bonds. The van der Waals surface area contributed by atoms with Crippen molar-refractivity contribution < 1.29 is 64.4 Å². The second kappa shape index (κ2) is 41.9. The van der Waals surface area contributed by atoms with E-state index in [2.05, 4.69) is 41.7 Å². The lowest BCUT2D eigenvalue weighted by Gasteiger charge is -2.33. The van der Waals surface area contributed by atoms with Crippen LogP contribution in [0.25, 0.3) is 11.1 Å². The van der Waals surface area contributed by atoms with Crippen molar-refractivity contribution in [2.45, 2.75) is 47.6 Å². The van der Waals surface area contributed by atoms with Gasteiger partial charge in [-0.25, -0.2) is 31.2 Å². The van der Waals surface area contributed by atoms with Crippen molar-refractivity contribution >= 4 is 102 Å². The standard InChI is InChI=1S/C72H90Cl5N9O14S2/c1-84-47-63(61-43-57(74)45-67(76)65(61)49-84)54-7-3-9-59(41-54)101(91,92)39-5-27-95-33-35-98-30-22-81-70(88)79-19-25-86(72(90)83-24-32-100-38-37-97-29-21-78-69(87)53-13-11-51(12-14-53)52-15-17-56(73)18-16-52)26-20-80-71(89)82-23-31-99-36-34-96-28-6-40-102(93,94)60-10-4-8-55(42-60)64-48-85(2)50-66-62(64)44-58(75)46-68(66)77/h3-4,7-18,41-46,63-64H,5-6,19-40,47-50H2,1-2H3,(H,78,87)(H,83,90)(H2,79,81,88)(H2,80,82,89)/t63-,64-/m0/s1. The minimum absolute atomic E-state index is 0.0696. The lowest BCUT2D eigenvalue weighted by atomic mass is 9.85. The average molecular weight is 1550 g/mol. The van der Waals surface area contributed by atoms with Crippen LogP contribution in [0.4, 0.5) is 14.4 Å². The Labute approximate surface area is 623 Å². The van der Waals surface area contributed by atoms with E-state index in [4.69, 9.17) is 86.4 Å². The van der Waals surface area contributed by atoms with E-state index in [-0.39, 0.29) is 177 Å². The molecule has 0 saturated carbocycles. The first-order valence-electron chi connectivity index (χ1n) is 33.8. The molecule has 0 fully saturated rings. The fraction of sp³-hybridized carbons (Fsp3) is 0.444. The highest BCUT2D eigenvalue weighted by molar-refractivity contribution is 7.91. The molecule has 0 aliphatic carbocycles. The Hall–Kier alpha value is -6.37. The Bertz CT molecular complexity index is 3760. The zero-order valence-corrected chi connectivity index (χ0v) is 62.7. The molecule has 0 saturated heterocycles. The summed E-state index contributed by atoms with van der Waals surface area (Å²) in [5, 5.41) is 19.4. The first kappa shape index (κ1) is 81.3. The van der Waals surface area contributed by atoms with Crippen molar-refractivity contribution in [2.24, 2.45) is 0 Å². The SMILES string of the molecule is CN1Cc2c(Cl)cc(Cl)cc2[C@H](c2cccc(S(=O)(=O)CCCOCCOCCNC(=O)NCCN(CCNC(=O)NCCOCCOCCCS(=O)(=O)c3cccc([C@@H]4CN(C)Cc5c(Cl)cc(Cl)cc54)c3)C(=O)NCCOCCOCCNC(=O)c3ccc(-c4ccc(Cl)cc4)cc3)c2)C1. The van der Waals surface area contributed by atoms with Gasteiger partial charge in [-0.05, 0) is 144 Å². The second-order valence-corrected chi connectivity index (χ2v) is 30.8. The van der Waals surface area contributed by atoms with Gasteiger partial charge in [0.2, 0.25) is 0 Å². The molecule has 0 unspecified atom stereocenters. The number of nitrogens with one attached hydrogen (secondary N) is 6. The summed E-state index contributed by atoms with van der Waals surface area (Å²) in [6.07, 6.45) is 0.559. The number of urea groups is 3.